The summed E-state index contributed by atoms with van der Waals surface area (Å²) in [6.07, 6.45) is 2.19. The molecule has 3 amide bonds. The Morgan fingerprint density at radius 2 is 2.07 bits per heavy atom. The molecule has 1 aliphatic heterocycles. The maximum absolute atomic E-state index is 11.7. The van der Waals surface area contributed by atoms with Crippen LogP contribution >= 0.6 is 0 Å². The van der Waals surface area contributed by atoms with Crippen LogP contribution in [0.4, 0.5) is 4.79 Å². The summed E-state index contributed by atoms with van der Waals surface area (Å²) < 4.78 is 0. The van der Waals surface area contributed by atoms with Crippen molar-refractivity contribution >= 4 is 17.7 Å². The van der Waals surface area contributed by atoms with Crippen molar-refractivity contribution in [2.75, 3.05) is 13.1 Å². The first-order valence-corrected chi connectivity index (χ1v) is 5.20. The van der Waals surface area contributed by atoms with Crippen LogP contribution in [0, 0.1) is 0 Å². The normalized spacial score (nSPS) is 21.4. The van der Waals surface area contributed by atoms with Gasteiger partial charge in [0, 0.05) is 19.0 Å². The van der Waals surface area contributed by atoms with Crippen LogP contribution in [-0.4, -0.2) is 46.7 Å². The third-order valence-electron chi connectivity index (χ3n) is 2.72. The van der Waals surface area contributed by atoms with Crippen molar-refractivity contribution in [1.29, 1.82) is 0 Å². The summed E-state index contributed by atoms with van der Waals surface area (Å²) in [4.78, 5) is 36.8. The average molecular weight is 210 g/mol. The second-order valence-corrected chi connectivity index (χ2v) is 4.15. The Morgan fingerprint density at radius 3 is 2.60 bits per heavy atom. The number of hydrogen-bond donors (Lipinski definition) is 0. The first kappa shape index (κ1) is 10.1. The molecule has 1 saturated carbocycles. The van der Waals surface area contributed by atoms with E-state index in [1.165, 1.54) is 16.7 Å². The molecule has 1 aliphatic carbocycles. The second kappa shape index (κ2) is 3.64. The lowest BCUT2D eigenvalue weighted by atomic mass is 10.3. The van der Waals surface area contributed by atoms with E-state index in [4.69, 9.17) is 0 Å². The van der Waals surface area contributed by atoms with E-state index < -0.39 is 0 Å². The number of ketones is 1. The number of carbonyl (C=O) groups excluding carboxylic acids is 3. The smallest absolute Gasteiger partial charge is 0.315 e. The van der Waals surface area contributed by atoms with Crippen LogP contribution in [0.1, 0.15) is 26.2 Å². The number of amides is 3. The molecule has 0 aromatic carbocycles. The lowest BCUT2D eigenvalue weighted by Gasteiger charge is -2.15. The number of urea groups is 1. The largest absolute Gasteiger partial charge is 0.327 e. The lowest BCUT2D eigenvalue weighted by molar-refractivity contribution is -0.126. The first-order valence-electron chi connectivity index (χ1n) is 5.20. The minimum absolute atomic E-state index is 0.0418. The molecular weight excluding hydrogens is 196 g/mol. The minimum atomic E-state index is -0.219. The van der Waals surface area contributed by atoms with Gasteiger partial charge in [-0.2, -0.15) is 0 Å². The van der Waals surface area contributed by atoms with Gasteiger partial charge in [-0.25, -0.2) is 4.79 Å². The van der Waals surface area contributed by atoms with Crippen LogP contribution in [0.15, 0.2) is 0 Å². The molecule has 1 saturated heterocycles. The molecule has 0 spiro atoms. The number of hydrogen-bond acceptors (Lipinski definition) is 3. The lowest BCUT2D eigenvalue weighted by Crippen LogP contribution is -2.35. The van der Waals surface area contributed by atoms with Crippen LogP contribution in [0.25, 0.3) is 0 Å². The SMILES string of the molecule is CC(=O)CCN1CC(=O)N(C2CC2)C1=O. The highest BCUT2D eigenvalue weighted by Gasteiger charge is 2.44. The van der Waals surface area contributed by atoms with E-state index in [2.05, 4.69) is 0 Å². The quantitative estimate of drug-likeness (QED) is 0.631. The fourth-order valence-electron chi connectivity index (χ4n) is 1.73. The topological polar surface area (TPSA) is 57.7 Å². The average Bonchev–Trinajstić information content (AvgIpc) is 2.92. The molecule has 0 bridgehead atoms. The molecule has 0 atom stereocenters. The van der Waals surface area contributed by atoms with Crippen LogP contribution in [-0.2, 0) is 9.59 Å². The Balaban J connectivity index is 1.95. The van der Waals surface area contributed by atoms with Crippen molar-refractivity contribution in [1.82, 2.24) is 9.80 Å². The summed E-state index contributed by atoms with van der Waals surface area (Å²) in [6.45, 7) is 1.99. The van der Waals surface area contributed by atoms with E-state index in [-0.39, 0.29) is 30.3 Å². The Bertz CT molecular complexity index is 323. The molecule has 5 nitrogen and oxygen atoms in total. The van der Waals surface area contributed by atoms with Crippen molar-refractivity contribution < 1.29 is 14.4 Å². The van der Waals surface area contributed by atoms with Gasteiger partial charge in [0.2, 0.25) is 0 Å². The molecule has 15 heavy (non-hydrogen) atoms. The van der Waals surface area contributed by atoms with Crippen LogP contribution in [0.2, 0.25) is 0 Å². The zero-order chi connectivity index (χ0) is 11.0. The highest BCUT2D eigenvalue weighted by atomic mass is 16.2. The Hall–Kier alpha value is -1.39. The molecular formula is C10H14N2O3. The number of carbonyl (C=O) groups is 3. The van der Waals surface area contributed by atoms with Gasteiger partial charge in [0.25, 0.3) is 5.91 Å². The van der Waals surface area contributed by atoms with E-state index >= 15 is 0 Å². The van der Waals surface area contributed by atoms with Crippen molar-refractivity contribution in [3.63, 3.8) is 0 Å². The number of Topliss-reactive ketones (excluding diaryl/α,β-unsaturated/α-hetero) is 1. The first-order chi connectivity index (χ1) is 7.09. The van der Waals surface area contributed by atoms with E-state index in [1.807, 2.05) is 0 Å². The van der Waals surface area contributed by atoms with Gasteiger partial charge < -0.3 is 4.90 Å². The van der Waals surface area contributed by atoms with Crippen LogP contribution < -0.4 is 0 Å². The maximum Gasteiger partial charge on any atom is 0.327 e. The number of rotatable bonds is 4. The third-order valence-corrected chi connectivity index (χ3v) is 2.72. The van der Waals surface area contributed by atoms with Gasteiger partial charge in [0.1, 0.15) is 12.3 Å². The predicted molar refractivity (Wildman–Crippen MR) is 52.1 cm³/mol. The van der Waals surface area contributed by atoms with Gasteiger partial charge in [0.15, 0.2) is 0 Å². The molecule has 5 heteroatoms. The van der Waals surface area contributed by atoms with Gasteiger partial charge in [0.05, 0.1) is 0 Å². The van der Waals surface area contributed by atoms with Crippen LogP contribution in [0.3, 0.4) is 0 Å². The molecule has 0 aromatic heterocycles. The zero-order valence-electron chi connectivity index (χ0n) is 8.73. The Kier molecular flexibility index (Phi) is 2.46. The highest BCUT2D eigenvalue weighted by Crippen LogP contribution is 2.30. The predicted octanol–water partition coefficient (Wildman–Crippen LogP) is 0.392. The van der Waals surface area contributed by atoms with Gasteiger partial charge in [-0.1, -0.05) is 0 Å². The summed E-state index contributed by atoms with van der Waals surface area (Å²) in [5, 5.41) is 0. The van der Waals surface area contributed by atoms with Gasteiger partial charge in [-0.3, -0.25) is 14.5 Å². The molecule has 2 rings (SSSR count). The maximum atomic E-state index is 11.7. The van der Waals surface area contributed by atoms with Crippen molar-refractivity contribution in [3.05, 3.63) is 0 Å². The molecule has 0 N–H and O–H groups in total. The summed E-state index contributed by atoms with van der Waals surface area (Å²) in [5.41, 5.74) is 0. The zero-order valence-corrected chi connectivity index (χ0v) is 8.73. The van der Waals surface area contributed by atoms with E-state index in [0.717, 1.165) is 12.8 Å². The standard InChI is InChI=1S/C10H14N2O3/c1-7(13)4-5-11-6-9(14)12(10(11)15)8-2-3-8/h8H,2-6H2,1H3. The summed E-state index contributed by atoms with van der Waals surface area (Å²) in [6, 6.07) is -0.0870. The molecule has 0 radical (unpaired) electrons. The van der Waals surface area contributed by atoms with Gasteiger partial charge >= 0.3 is 6.03 Å². The Morgan fingerprint density at radius 1 is 1.40 bits per heavy atom. The van der Waals surface area contributed by atoms with E-state index in [9.17, 15) is 14.4 Å². The number of nitrogens with zero attached hydrogens (tertiary/aromatic N) is 2. The molecule has 1 heterocycles. The molecule has 0 unspecified atom stereocenters. The molecule has 2 fully saturated rings. The minimum Gasteiger partial charge on any atom is -0.315 e. The van der Waals surface area contributed by atoms with Crippen molar-refractivity contribution in [2.24, 2.45) is 0 Å². The fourth-order valence-corrected chi connectivity index (χ4v) is 1.73. The van der Waals surface area contributed by atoms with Crippen LogP contribution in [0.5, 0.6) is 0 Å². The summed E-state index contributed by atoms with van der Waals surface area (Å²) in [5.74, 6) is -0.0776. The molecule has 2 aliphatic rings. The van der Waals surface area contributed by atoms with Gasteiger partial charge in [-0.15, -0.1) is 0 Å². The monoisotopic (exact) mass is 210 g/mol. The Labute approximate surface area is 88.0 Å². The second-order valence-electron chi connectivity index (χ2n) is 4.15. The van der Waals surface area contributed by atoms with Gasteiger partial charge in [-0.05, 0) is 19.8 Å². The van der Waals surface area contributed by atoms with Crippen molar-refractivity contribution in [3.8, 4) is 0 Å². The third kappa shape index (κ3) is 2.00. The van der Waals surface area contributed by atoms with E-state index in [1.54, 1.807) is 0 Å². The summed E-state index contributed by atoms with van der Waals surface area (Å²) in [7, 11) is 0. The number of imide groups is 1. The molecule has 82 valence electrons. The summed E-state index contributed by atoms with van der Waals surface area (Å²) >= 11 is 0. The van der Waals surface area contributed by atoms with E-state index in [0.29, 0.717) is 13.0 Å². The van der Waals surface area contributed by atoms with Crippen molar-refractivity contribution in [2.45, 2.75) is 32.2 Å². The molecule has 0 aromatic rings. The highest BCUT2D eigenvalue weighted by molar-refractivity contribution is 6.02. The fraction of sp³-hybridized carbons (Fsp3) is 0.700.